The van der Waals surface area contributed by atoms with Crippen LogP contribution in [0.2, 0.25) is 5.02 Å². The van der Waals surface area contributed by atoms with Crippen LogP contribution in [0.3, 0.4) is 0 Å². The van der Waals surface area contributed by atoms with E-state index in [0.717, 1.165) is 32.0 Å². The minimum atomic E-state index is -5.08. The molecular formula is C18H18ClF4N3O3. The van der Waals surface area contributed by atoms with Crippen LogP contribution in [0.4, 0.5) is 23.4 Å². The van der Waals surface area contributed by atoms with Crippen molar-refractivity contribution in [2.75, 3.05) is 31.1 Å². The number of hydrogen-bond donors (Lipinski definition) is 2. The minimum Gasteiger partial charge on any atom is -0.475 e. The molecule has 0 saturated carbocycles. The summed E-state index contributed by atoms with van der Waals surface area (Å²) in [6, 6.07) is 10.2. The van der Waals surface area contributed by atoms with Crippen molar-refractivity contribution in [3.8, 4) is 5.88 Å². The van der Waals surface area contributed by atoms with Gasteiger partial charge in [0.25, 0.3) is 0 Å². The van der Waals surface area contributed by atoms with E-state index in [0.29, 0.717) is 16.5 Å². The van der Waals surface area contributed by atoms with E-state index in [1.807, 2.05) is 12.1 Å². The van der Waals surface area contributed by atoms with Gasteiger partial charge in [0.2, 0.25) is 5.88 Å². The normalized spacial score (nSPS) is 14.0. The van der Waals surface area contributed by atoms with Gasteiger partial charge in [0.05, 0.1) is 0 Å². The summed E-state index contributed by atoms with van der Waals surface area (Å²) in [5, 5.41) is 10.8. The fourth-order valence-electron chi connectivity index (χ4n) is 2.34. The molecule has 1 aromatic carbocycles. The van der Waals surface area contributed by atoms with E-state index in [4.69, 9.17) is 26.2 Å². The second-order valence-corrected chi connectivity index (χ2v) is 6.33. The maximum Gasteiger partial charge on any atom is 0.490 e. The zero-order valence-electron chi connectivity index (χ0n) is 15.0. The number of pyridine rings is 1. The molecule has 29 heavy (non-hydrogen) atoms. The number of carboxylic acids is 1. The molecule has 158 valence electrons. The highest BCUT2D eigenvalue weighted by atomic mass is 35.5. The van der Waals surface area contributed by atoms with Crippen molar-refractivity contribution in [1.29, 1.82) is 0 Å². The van der Waals surface area contributed by atoms with Crippen LogP contribution >= 0.6 is 11.6 Å². The summed E-state index contributed by atoms with van der Waals surface area (Å²) in [5.74, 6) is -1.75. The molecule has 1 aliphatic heterocycles. The maximum absolute atomic E-state index is 13.7. The van der Waals surface area contributed by atoms with Gasteiger partial charge in [0, 0.05) is 42.8 Å². The molecule has 1 fully saturated rings. The highest BCUT2D eigenvalue weighted by molar-refractivity contribution is 6.30. The van der Waals surface area contributed by atoms with E-state index in [-0.39, 0.29) is 12.4 Å². The molecule has 0 unspecified atom stereocenters. The summed E-state index contributed by atoms with van der Waals surface area (Å²) < 4.78 is 51.1. The number of aliphatic carboxylic acids is 1. The zero-order valence-corrected chi connectivity index (χ0v) is 15.8. The van der Waals surface area contributed by atoms with Crippen molar-refractivity contribution in [3.63, 3.8) is 0 Å². The lowest BCUT2D eigenvalue weighted by atomic mass is 10.2. The van der Waals surface area contributed by atoms with Crippen molar-refractivity contribution in [2.24, 2.45) is 0 Å². The van der Waals surface area contributed by atoms with Gasteiger partial charge < -0.3 is 20.1 Å². The van der Waals surface area contributed by atoms with Crippen molar-refractivity contribution >= 4 is 23.4 Å². The van der Waals surface area contributed by atoms with Crippen LogP contribution in [0.1, 0.15) is 5.56 Å². The Morgan fingerprint density at radius 3 is 2.48 bits per heavy atom. The predicted molar refractivity (Wildman–Crippen MR) is 98.8 cm³/mol. The molecule has 3 rings (SSSR count). The Labute approximate surface area is 169 Å². The maximum atomic E-state index is 13.7. The molecule has 2 N–H and O–H groups in total. The van der Waals surface area contributed by atoms with E-state index in [2.05, 4.69) is 15.2 Å². The summed E-state index contributed by atoms with van der Waals surface area (Å²) in [4.78, 5) is 15.6. The summed E-state index contributed by atoms with van der Waals surface area (Å²) in [7, 11) is 0. The SMILES string of the molecule is Fc1cc(Cl)ccc1COc1cccc(N2CCNCC2)n1.O=C(O)C(F)(F)F. The summed E-state index contributed by atoms with van der Waals surface area (Å²) in [5.41, 5.74) is 0.457. The highest BCUT2D eigenvalue weighted by Crippen LogP contribution is 2.19. The Hall–Kier alpha value is -2.59. The minimum absolute atomic E-state index is 0.126. The van der Waals surface area contributed by atoms with Gasteiger partial charge in [-0.25, -0.2) is 9.18 Å². The van der Waals surface area contributed by atoms with Crippen LogP contribution in [-0.4, -0.2) is 48.4 Å². The second kappa shape index (κ2) is 10.3. The highest BCUT2D eigenvalue weighted by Gasteiger charge is 2.38. The molecule has 6 nitrogen and oxygen atoms in total. The predicted octanol–water partition coefficient (Wildman–Crippen LogP) is 3.50. The van der Waals surface area contributed by atoms with Crippen LogP contribution < -0.4 is 15.0 Å². The number of rotatable bonds is 4. The lowest BCUT2D eigenvalue weighted by Crippen LogP contribution is -2.43. The standard InChI is InChI=1S/C16H17ClFN3O.C2HF3O2/c17-13-5-4-12(14(18)10-13)11-22-16-3-1-2-15(20-16)21-8-6-19-7-9-21;3-2(4,5)1(6)7/h1-5,10,19H,6-9,11H2;(H,6,7). The Morgan fingerprint density at radius 2 is 1.90 bits per heavy atom. The molecule has 0 amide bonds. The van der Waals surface area contributed by atoms with Crippen molar-refractivity contribution < 1.29 is 32.2 Å². The number of anilines is 1. The zero-order chi connectivity index (χ0) is 21.4. The van der Waals surface area contributed by atoms with Gasteiger partial charge in [-0.2, -0.15) is 18.2 Å². The summed E-state index contributed by atoms with van der Waals surface area (Å²) in [6.45, 7) is 3.86. The van der Waals surface area contributed by atoms with Gasteiger partial charge in [0.15, 0.2) is 0 Å². The van der Waals surface area contributed by atoms with Crippen molar-refractivity contribution in [2.45, 2.75) is 12.8 Å². The number of ether oxygens (including phenoxy) is 1. The number of hydrogen-bond acceptors (Lipinski definition) is 5. The number of aromatic nitrogens is 1. The van der Waals surface area contributed by atoms with Crippen molar-refractivity contribution in [1.82, 2.24) is 10.3 Å². The number of benzene rings is 1. The number of carbonyl (C=O) groups is 1. The molecule has 11 heteroatoms. The van der Waals surface area contributed by atoms with Crippen LogP contribution in [0.5, 0.6) is 5.88 Å². The van der Waals surface area contributed by atoms with Crippen LogP contribution in [0, 0.1) is 5.82 Å². The molecule has 1 saturated heterocycles. The van der Waals surface area contributed by atoms with E-state index >= 15 is 0 Å². The molecule has 2 heterocycles. The lowest BCUT2D eigenvalue weighted by Gasteiger charge is -2.28. The first-order chi connectivity index (χ1) is 13.7. The van der Waals surface area contributed by atoms with Gasteiger partial charge in [-0.05, 0) is 18.2 Å². The van der Waals surface area contributed by atoms with Gasteiger partial charge in [0.1, 0.15) is 18.2 Å². The third-order valence-electron chi connectivity index (χ3n) is 3.78. The molecule has 1 aliphatic rings. The van der Waals surface area contributed by atoms with Gasteiger partial charge in [-0.3, -0.25) is 0 Å². The molecular weight excluding hydrogens is 418 g/mol. The number of halogens is 5. The largest absolute Gasteiger partial charge is 0.490 e. The quantitative estimate of drug-likeness (QED) is 0.716. The number of piperazine rings is 1. The smallest absolute Gasteiger partial charge is 0.475 e. The number of nitrogens with one attached hydrogen (secondary N) is 1. The van der Waals surface area contributed by atoms with Gasteiger partial charge in [-0.15, -0.1) is 0 Å². The topological polar surface area (TPSA) is 74.7 Å². The molecule has 0 spiro atoms. The summed E-state index contributed by atoms with van der Waals surface area (Å²) in [6.07, 6.45) is -5.08. The molecule has 0 atom stereocenters. The molecule has 0 bridgehead atoms. The van der Waals surface area contributed by atoms with Gasteiger partial charge in [-0.1, -0.05) is 23.7 Å². The summed E-state index contributed by atoms with van der Waals surface area (Å²) >= 11 is 5.74. The van der Waals surface area contributed by atoms with Crippen LogP contribution in [-0.2, 0) is 11.4 Å². The lowest BCUT2D eigenvalue weighted by molar-refractivity contribution is -0.192. The Bertz CT molecular complexity index is 830. The average molecular weight is 436 g/mol. The number of alkyl halides is 3. The number of nitrogens with zero attached hydrogens (tertiary/aromatic N) is 2. The Kier molecular flexibility index (Phi) is 8.03. The Balaban J connectivity index is 0.000000370. The first-order valence-corrected chi connectivity index (χ1v) is 8.84. The van der Waals surface area contributed by atoms with Crippen molar-refractivity contribution in [3.05, 3.63) is 52.8 Å². The fraction of sp³-hybridized carbons (Fsp3) is 0.333. The van der Waals surface area contributed by atoms with Crippen LogP contribution in [0.25, 0.3) is 0 Å². The van der Waals surface area contributed by atoms with E-state index in [1.165, 1.54) is 6.07 Å². The molecule has 0 radical (unpaired) electrons. The molecule has 2 aromatic rings. The third kappa shape index (κ3) is 7.39. The molecule has 1 aromatic heterocycles. The first-order valence-electron chi connectivity index (χ1n) is 8.46. The van der Waals surface area contributed by atoms with E-state index < -0.39 is 12.1 Å². The fourth-order valence-corrected chi connectivity index (χ4v) is 2.50. The van der Waals surface area contributed by atoms with E-state index in [1.54, 1.807) is 18.2 Å². The number of carboxylic acid groups (broad SMARTS) is 1. The average Bonchev–Trinajstić information content (AvgIpc) is 2.68. The molecule has 0 aliphatic carbocycles. The first kappa shape index (κ1) is 22.7. The van der Waals surface area contributed by atoms with Gasteiger partial charge >= 0.3 is 12.1 Å². The van der Waals surface area contributed by atoms with Crippen LogP contribution in [0.15, 0.2) is 36.4 Å². The monoisotopic (exact) mass is 435 g/mol. The Morgan fingerprint density at radius 1 is 1.24 bits per heavy atom. The van der Waals surface area contributed by atoms with E-state index in [9.17, 15) is 17.6 Å². The second-order valence-electron chi connectivity index (χ2n) is 5.90. The third-order valence-corrected chi connectivity index (χ3v) is 4.02.